The number of alkyl halides is 1. The van der Waals surface area contributed by atoms with Crippen LogP contribution in [-0.2, 0) is 19.6 Å². The molecule has 1 aromatic rings. The average Bonchev–Trinajstić information content (AvgIpc) is 2.34. The summed E-state index contributed by atoms with van der Waals surface area (Å²) in [6, 6.07) is 1.57. The molecule has 0 spiro atoms. The Hall–Kier alpha value is -1.87. The summed E-state index contributed by atoms with van der Waals surface area (Å²) in [5, 5.41) is -0.481. The summed E-state index contributed by atoms with van der Waals surface area (Å²) in [5.41, 5.74) is 4.83. The highest BCUT2D eigenvalue weighted by Crippen LogP contribution is 2.24. The summed E-state index contributed by atoms with van der Waals surface area (Å²) < 4.78 is 30.3. The summed E-state index contributed by atoms with van der Waals surface area (Å²) in [5.74, 6) is -0.810. The van der Waals surface area contributed by atoms with Crippen molar-refractivity contribution >= 4 is 33.6 Å². The molecule has 0 fully saturated rings. The summed E-state index contributed by atoms with van der Waals surface area (Å²) in [6.45, 7) is 1.16. The number of hydrogen-bond acceptors (Lipinski definition) is 6. The van der Waals surface area contributed by atoms with Crippen LogP contribution in [0, 0.1) is 0 Å². The highest BCUT2D eigenvalue weighted by atomic mass is 35.5. The first-order valence-corrected chi connectivity index (χ1v) is 7.30. The van der Waals surface area contributed by atoms with Crippen LogP contribution in [0.25, 0.3) is 0 Å². The first kappa shape index (κ1) is 16.2. The van der Waals surface area contributed by atoms with Gasteiger partial charge in [-0.2, -0.15) is 8.42 Å². The van der Waals surface area contributed by atoms with E-state index in [-0.39, 0.29) is 11.4 Å². The van der Waals surface area contributed by atoms with Crippen LogP contribution < -0.4 is 10.5 Å². The summed E-state index contributed by atoms with van der Waals surface area (Å²) in [6.07, 6.45) is 0.195. The Morgan fingerprint density at radius 2 is 2.20 bits per heavy atom. The van der Waals surface area contributed by atoms with Gasteiger partial charge in [-0.1, -0.05) is 6.07 Å². The minimum Gasteiger partial charge on any atom is -0.456 e. The number of halogens is 1. The number of aromatic nitrogens is 1. The van der Waals surface area contributed by atoms with Crippen LogP contribution in [0.15, 0.2) is 23.4 Å². The van der Waals surface area contributed by atoms with Gasteiger partial charge in [-0.05, 0) is 6.07 Å². The van der Waals surface area contributed by atoms with Gasteiger partial charge in [0.15, 0.2) is 5.03 Å². The lowest BCUT2D eigenvalue weighted by Crippen LogP contribution is -2.36. The van der Waals surface area contributed by atoms with Gasteiger partial charge in [0.05, 0.1) is 5.88 Å². The van der Waals surface area contributed by atoms with E-state index in [0.717, 1.165) is 6.92 Å². The zero-order valence-electron chi connectivity index (χ0n) is 10.4. The summed E-state index contributed by atoms with van der Waals surface area (Å²) >= 11 is 5.66. The number of primary amides is 1. The lowest BCUT2D eigenvalue weighted by Gasteiger charge is -2.17. The van der Waals surface area contributed by atoms with E-state index in [1.54, 1.807) is 4.72 Å². The summed E-state index contributed by atoms with van der Waals surface area (Å²) in [7, 11) is -4.27. The molecule has 0 aliphatic heterocycles. The third-order valence-electron chi connectivity index (χ3n) is 2.09. The molecule has 1 heterocycles. The molecule has 110 valence electrons. The molecule has 0 saturated heterocycles. The fourth-order valence-electron chi connectivity index (χ4n) is 1.43. The number of esters is 1. The molecule has 1 rings (SSSR count). The van der Waals surface area contributed by atoms with Crippen molar-refractivity contribution < 1.29 is 22.7 Å². The molecule has 20 heavy (non-hydrogen) atoms. The highest BCUT2D eigenvalue weighted by Gasteiger charge is 2.27. The first-order chi connectivity index (χ1) is 9.27. The molecule has 0 aliphatic carbocycles. The Bertz CT molecular complexity index is 619. The van der Waals surface area contributed by atoms with Crippen molar-refractivity contribution in [2.75, 3.05) is 5.88 Å². The molecule has 0 aliphatic rings. The van der Waals surface area contributed by atoms with E-state index in [1.165, 1.54) is 18.3 Å². The second-order valence-corrected chi connectivity index (χ2v) is 5.53. The number of urea groups is 1. The maximum atomic E-state index is 11.9. The molecule has 1 atom stereocenters. The maximum Gasteiger partial charge on any atom is 0.326 e. The number of rotatable bonds is 5. The smallest absolute Gasteiger partial charge is 0.326 e. The van der Waals surface area contributed by atoms with Gasteiger partial charge in [0.25, 0.3) is 10.0 Å². The van der Waals surface area contributed by atoms with Gasteiger partial charge in [0, 0.05) is 18.7 Å². The molecule has 1 aromatic heterocycles. The van der Waals surface area contributed by atoms with Crippen molar-refractivity contribution in [2.45, 2.75) is 18.1 Å². The summed E-state index contributed by atoms with van der Waals surface area (Å²) in [4.78, 5) is 25.4. The van der Waals surface area contributed by atoms with Crippen molar-refractivity contribution in [1.82, 2.24) is 9.71 Å². The van der Waals surface area contributed by atoms with Crippen molar-refractivity contribution in [1.29, 1.82) is 0 Å². The maximum absolute atomic E-state index is 11.9. The predicted molar refractivity (Wildman–Crippen MR) is 69.4 cm³/mol. The Labute approximate surface area is 120 Å². The van der Waals surface area contributed by atoms with Gasteiger partial charge in [-0.25, -0.2) is 14.5 Å². The normalized spacial score (nSPS) is 12.5. The van der Waals surface area contributed by atoms with Gasteiger partial charge in [0.2, 0.25) is 0 Å². The predicted octanol–water partition coefficient (Wildman–Crippen LogP) is 0.282. The first-order valence-electron chi connectivity index (χ1n) is 5.28. The molecular formula is C10H12ClN3O5S. The van der Waals surface area contributed by atoms with Crippen LogP contribution in [-0.4, -0.2) is 31.3 Å². The number of ether oxygens (including phenoxy) is 1. The van der Waals surface area contributed by atoms with E-state index in [4.69, 9.17) is 22.1 Å². The highest BCUT2D eigenvalue weighted by molar-refractivity contribution is 7.90. The molecule has 8 nitrogen and oxygen atoms in total. The Morgan fingerprint density at radius 1 is 1.55 bits per heavy atom. The lowest BCUT2D eigenvalue weighted by molar-refractivity contribution is -0.145. The molecule has 3 N–H and O–H groups in total. The number of hydrogen-bond donors (Lipinski definition) is 2. The van der Waals surface area contributed by atoms with Crippen LogP contribution in [0.4, 0.5) is 4.79 Å². The topological polar surface area (TPSA) is 128 Å². The van der Waals surface area contributed by atoms with Gasteiger partial charge >= 0.3 is 12.0 Å². The number of nitrogens with one attached hydrogen (secondary N) is 1. The Balaban J connectivity index is 3.29. The van der Waals surface area contributed by atoms with Crippen LogP contribution in [0.3, 0.4) is 0 Å². The van der Waals surface area contributed by atoms with E-state index in [2.05, 4.69) is 4.98 Å². The van der Waals surface area contributed by atoms with E-state index in [0.29, 0.717) is 0 Å². The minimum atomic E-state index is -4.27. The Morgan fingerprint density at radius 3 is 2.70 bits per heavy atom. The second-order valence-electron chi connectivity index (χ2n) is 3.62. The van der Waals surface area contributed by atoms with Gasteiger partial charge in [0.1, 0.15) is 6.10 Å². The number of nitrogens with zero attached hydrogens (tertiary/aromatic N) is 1. The average molecular weight is 322 g/mol. The Kier molecular flexibility index (Phi) is 5.28. The fourth-order valence-corrected chi connectivity index (χ4v) is 2.73. The van der Waals surface area contributed by atoms with Crippen LogP contribution in [0.2, 0.25) is 0 Å². The number of carbonyl (C=O) groups excluding carboxylic acids is 2. The number of nitrogens with two attached hydrogens (primary N) is 1. The van der Waals surface area contributed by atoms with Crippen LogP contribution in [0.5, 0.6) is 0 Å². The van der Waals surface area contributed by atoms with E-state index in [9.17, 15) is 18.0 Å². The van der Waals surface area contributed by atoms with Gasteiger partial charge < -0.3 is 10.5 Å². The molecule has 1 unspecified atom stereocenters. The van der Waals surface area contributed by atoms with Crippen molar-refractivity contribution in [3.05, 3.63) is 23.9 Å². The monoisotopic (exact) mass is 321 g/mol. The molecule has 0 radical (unpaired) electrons. The molecule has 0 aromatic carbocycles. The number of amides is 2. The van der Waals surface area contributed by atoms with Crippen LogP contribution >= 0.6 is 11.6 Å². The molecule has 0 bridgehead atoms. The molecular weight excluding hydrogens is 310 g/mol. The molecule has 2 amide bonds. The van der Waals surface area contributed by atoms with Gasteiger partial charge in [-0.15, -0.1) is 11.6 Å². The minimum absolute atomic E-state index is 0.0476. The third-order valence-corrected chi connectivity index (χ3v) is 3.69. The van der Waals surface area contributed by atoms with Crippen molar-refractivity contribution in [2.24, 2.45) is 5.73 Å². The number of sulfonamides is 1. The number of carbonyl (C=O) groups is 2. The number of pyridine rings is 1. The van der Waals surface area contributed by atoms with Crippen molar-refractivity contribution in [3.8, 4) is 0 Å². The van der Waals surface area contributed by atoms with Crippen LogP contribution in [0.1, 0.15) is 18.6 Å². The van der Waals surface area contributed by atoms with E-state index < -0.39 is 33.2 Å². The fraction of sp³-hybridized carbons (Fsp3) is 0.300. The van der Waals surface area contributed by atoms with E-state index in [1.807, 2.05) is 0 Å². The third kappa shape index (κ3) is 4.07. The van der Waals surface area contributed by atoms with Crippen molar-refractivity contribution in [3.63, 3.8) is 0 Å². The van der Waals surface area contributed by atoms with Gasteiger partial charge in [-0.3, -0.25) is 4.79 Å². The zero-order valence-corrected chi connectivity index (χ0v) is 11.9. The molecule has 0 saturated carbocycles. The quantitative estimate of drug-likeness (QED) is 0.592. The SMILES string of the molecule is CC(=O)OC(CCl)c1cccnc1S(=O)(=O)NC(N)=O. The largest absolute Gasteiger partial charge is 0.456 e. The standard InChI is InChI=1S/C10H12ClN3O5S/c1-6(15)19-8(5-11)7-3-2-4-13-9(7)20(17,18)14-10(12)16/h2-4,8H,5H2,1H3,(H3,12,14,16). The second kappa shape index (κ2) is 6.53. The molecule has 10 heteroatoms. The van der Waals surface area contributed by atoms with E-state index >= 15 is 0 Å². The lowest BCUT2D eigenvalue weighted by atomic mass is 10.2. The zero-order chi connectivity index (χ0) is 15.3.